The van der Waals surface area contributed by atoms with E-state index in [1.165, 1.54) is 17.3 Å². The molecule has 1 aromatic carbocycles. The molecule has 0 aliphatic carbocycles. The molecule has 1 aromatic heterocycles. The molecule has 2 aromatic rings. The monoisotopic (exact) mass is 342 g/mol. The van der Waals surface area contributed by atoms with Gasteiger partial charge >= 0.3 is 0 Å². The number of nitrogens with zero attached hydrogens (tertiary/aromatic N) is 4. The summed E-state index contributed by atoms with van der Waals surface area (Å²) in [6.45, 7) is 7.15. The number of amides is 1. The lowest BCUT2D eigenvalue weighted by Gasteiger charge is -2.19. The van der Waals surface area contributed by atoms with Crippen molar-refractivity contribution in [2.45, 2.75) is 32.3 Å². The second-order valence-electron chi connectivity index (χ2n) is 5.54. The lowest BCUT2D eigenvalue weighted by atomic mass is 10.1. The first kappa shape index (κ1) is 18.1. The van der Waals surface area contributed by atoms with E-state index in [1.807, 2.05) is 17.7 Å². The van der Waals surface area contributed by atoms with Crippen LogP contribution in [-0.2, 0) is 4.79 Å². The Morgan fingerprint density at radius 1 is 1.42 bits per heavy atom. The van der Waals surface area contributed by atoms with Gasteiger partial charge in [-0.05, 0) is 38.0 Å². The molecule has 0 spiro atoms. The summed E-state index contributed by atoms with van der Waals surface area (Å²) in [5.41, 5.74) is 3.43. The van der Waals surface area contributed by atoms with E-state index in [0.29, 0.717) is 25.3 Å². The highest BCUT2D eigenvalue weighted by Gasteiger charge is 2.14. The van der Waals surface area contributed by atoms with Gasteiger partial charge in [-0.1, -0.05) is 23.9 Å². The Kier molecular flexibility index (Phi) is 6.44. The van der Waals surface area contributed by atoms with Crippen molar-refractivity contribution in [3.8, 4) is 11.8 Å². The second kappa shape index (κ2) is 8.55. The number of nitriles is 1. The number of carbonyl (C=O) groups is 1. The molecule has 5 nitrogen and oxygen atoms in total. The maximum Gasteiger partial charge on any atom is 0.233 e. The van der Waals surface area contributed by atoms with Crippen LogP contribution in [0.5, 0.6) is 0 Å². The smallest absolute Gasteiger partial charge is 0.233 e. The number of aromatic nitrogens is 2. The Bertz CT molecular complexity index is 748. The van der Waals surface area contributed by atoms with Gasteiger partial charge in [0.25, 0.3) is 0 Å². The minimum absolute atomic E-state index is 0.0354. The molecule has 0 radical (unpaired) electrons. The van der Waals surface area contributed by atoms with E-state index in [2.05, 4.69) is 43.1 Å². The minimum atomic E-state index is 0.0354. The SMILES string of the molecule is CCN(CCC#N)C(=O)CSc1nccn1-c1cc(C)ccc1C. The molecular formula is C18H22N4OS. The van der Waals surface area contributed by atoms with E-state index >= 15 is 0 Å². The summed E-state index contributed by atoms with van der Waals surface area (Å²) in [6.07, 6.45) is 4.03. The largest absolute Gasteiger partial charge is 0.341 e. The summed E-state index contributed by atoms with van der Waals surface area (Å²) in [5.74, 6) is 0.356. The summed E-state index contributed by atoms with van der Waals surface area (Å²) in [6, 6.07) is 8.37. The number of rotatable bonds is 7. The average molecular weight is 342 g/mol. The molecule has 24 heavy (non-hydrogen) atoms. The third-order valence-corrected chi connectivity index (χ3v) is 4.74. The predicted octanol–water partition coefficient (Wildman–Crippen LogP) is 3.34. The van der Waals surface area contributed by atoms with Crippen LogP contribution in [-0.4, -0.2) is 39.2 Å². The van der Waals surface area contributed by atoms with Crippen molar-refractivity contribution in [3.63, 3.8) is 0 Å². The van der Waals surface area contributed by atoms with Crippen LogP contribution in [0.3, 0.4) is 0 Å². The quantitative estimate of drug-likeness (QED) is 0.724. The number of imidazole rings is 1. The average Bonchev–Trinajstić information content (AvgIpc) is 3.04. The molecule has 0 atom stereocenters. The molecule has 0 saturated carbocycles. The van der Waals surface area contributed by atoms with Gasteiger partial charge in [0.1, 0.15) is 0 Å². The van der Waals surface area contributed by atoms with Gasteiger partial charge in [0.05, 0.1) is 23.9 Å². The van der Waals surface area contributed by atoms with Crippen LogP contribution in [0.1, 0.15) is 24.5 Å². The van der Waals surface area contributed by atoms with Crippen molar-refractivity contribution in [1.29, 1.82) is 5.26 Å². The Balaban J connectivity index is 2.10. The van der Waals surface area contributed by atoms with E-state index < -0.39 is 0 Å². The molecule has 0 bridgehead atoms. The molecule has 0 aliphatic rings. The summed E-state index contributed by atoms with van der Waals surface area (Å²) in [4.78, 5) is 18.4. The van der Waals surface area contributed by atoms with Crippen molar-refractivity contribution >= 4 is 17.7 Å². The van der Waals surface area contributed by atoms with Crippen molar-refractivity contribution in [1.82, 2.24) is 14.5 Å². The molecule has 6 heteroatoms. The van der Waals surface area contributed by atoms with Gasteiger partial charge in [-0.15, -0.1) is 0 Å². The Hall–Kier alpha value is -2.26. The number of benzene rings is 1. The standard InChI is InChI=1S/C18H22N4OS/c1-4-21(10-5-8-19)17(23)13-24-18-20-9-11-22(18)16-12-14(2)6-7-15(16)3/h6-7,9,11-12H,4-5,10,13H2,1-3H3. The first-order valence-electron chi connectivity index (χ1n) is 7.95. The summed E-state index contributed by atoms with van der Waals surface area (Å²) < 4.78 is 2.02. The zero-order valence-electron chi connectivity index (χ0n) is 14.3. The molecule has 0 saturated heterocycles. The summed E-state index contributed by atoms with van der Waals surface area (Å²) >= 11 is 1.43. The van der Waals surface area contributed by atoms with E-state index in [0.717, 1.165) is 16.4 Å². The number of thioether (sulfide) groups is 1. The molecule has 0 aliphatic heterocycles. The van der Waals surface area contributed by atoms with E-state index in [-0.39, 0.29) is 5.91 Å². The van der Waals surface area contributed by atoms with Gasteiger partial charge in [0, 0.05) is 25.5 Å². The second-order valence-corrected chi connectivity index (χ2v) is 6.48. The fourth-order valence-electron chi connectivity index (χ4n) is 2.42. The molecule has 2 rings (SSSR count). The molecular weight excluding hydrogens is 320 g/mol. The van der Waals surface area contributed by atoms with Gasteiger partial charge in [-0.3, -0.25) is 9.36 Å². The number of aryl methyl sites for hydroxylation is 2. The zero-order chi connectivity index (χ0) is 17.5. The van der Waals surface area contributed by atoms with Crippen molar-refractivity contribution in [2.75, 3.05) is 18.8 Å². The van der Waals surface area contributed by atoms with Crippen LogP contribution in [0.4, 0.5) is 0 Å². The number of hydrogen-bond donors (Lipinski definition) is 0. The highest BCUT2D eigenvalue weighted by Crippen LogP contribution is 2.23. The highest BCUT2D eigenvalue weighted by atomic mass is 32.2. The lowest BCUT2D eigenvalue weighted by Crippen LogP contribution is -2.33. The van der Waals surface area contributed by atoms with Crippen LogP contribution < -0.4 is 0 Å². The van der Waals surface area contributed by atoms with Crippen molar-refractivity contribution in [2.24, 2.45) is 0 Å². The van der Waals surface area contributed by atoms with Gasteiger partial charge in [-0.25, -0.2) is 4.98 Å². The van der Waals surface area contributed by atoms with Crippen molar-refractivity contribution in [3.05, 3.63) is 41.7 Å². The van der Waals surface area contributed by atoms with Gasteiger partial charge in [-0.2, -0.15) is 5.26 Å². The van der Waals surface area contributed by atoms with Gasteiger partial charge < -0.3 is 4.90 Å². The molecule has 1 heterocycles. The maximum atomic E-state index is 12.3. The minimum Gasteiger partial charge on any atom is -0.341 e. The molecule has 126 valence electrons. The Morgan fingerprint density at radius 2 is 2.21 bits per heavy atom. The Morgan fingerprint density at radius 3 is 2.92 bits per heavy atom. The van der Waals surface area contributed by atoms with Crippen molar-refractivity contribution < 1.29 is 4.79 Å². The van der Waals surface area contributed by atoms with Gasteiger partial charge in [0.2, 0.25) is 5.91 Å². The van der Waals surface area contributed by atoms with E-state index in [9.17, 15) is 4.79 Å². The first-order chi connectivity index (χ1) is 11.6. The van der Waals surface area contributed by atoms with Crippen LogP contribution in [0.15, 0.2) is 35.7 Å². The molecule has 0 fully saturated rings. The third kappa shape index (κ3) is 4.39. The normalized spacial score (nSPS) is 10.4. The molecule has 0 N–H and O–H groups in total. The first-order valence-corrected chi connectivity index (χ1v) is 8.93. The molecule has 1 amide bonds. The van der Waals surface area contributed by atoms with E-state index in [1.54, 1.807) is 11.1 Å². The van der Waals surface area contributed by atoms with Crippen LogP contribution in [0, 0.1) is 25.2 Å². The maximum absolute atomic E-state index is 12.3. The fraction of sp³-hybridized carbons (Fsp3) is 0.389. The molecule has 0 unspecified atom stereocenters. The van der Waals surface area contributed by atoms with E-state index in [4.69, 9.17) is 5.26 Å². The van der Waals surface area contributed by atoms with Crippen LogP contribution >= 0.6 is 11.8 Å². The lowest BCUT2D eigenvalue weighted by molar-refractivity contribution is -0.128. The number of hydrogen-bond acceptors (Lipinski definition) is 4. The predicted molar refractivity (Wildman–Crippen MR) is 96.2 cm³/mol. The summed E-state index contributed by atoms with van der Waals surface area (Å²) in [5, 5.41) is 9.48. The Labute approximate surface area is 147 Å². The number of carbonyl (C=O) groups excluding carboxylic acids is 1. The highest BCUT2D eigenvalue weighted by molar-refractivity contribution is 7.99. The third-order valence-electron chi connectivity index (χ3n) is 3.78. The topological polar surface area (TPSA) is 61.9 Å². The van der Waals surface area contributed by atoms with Crippen LogP contribution in [0.25, 0.3) is 5.69 Å². The van der Waals surface area contributed by atoms with Crippen LogP contribution in [0.2, 0.25) is 0 Å². The fourth-order valence-corrected chi connectivity index (χ4v) is 3.29. The summed E-state index contributed by atoms with van der Waals surface area (Å²) in [7, 11) is 0. The zero-order valence-corrected chi connectivity index (χ0v) is 15.1. The van der Waals surface area contributed by atoms with Gasteiger partial charge in [0.15, 0.2) is 5.16 Å².